The average Bonchev–Trinajstić information content (AvgIpc) is 2.37. The lowest BCUT2D eigenvalue weighted by Crippen LogP contribution is -2.38. The van der Waals surface area contributed by atoms with Crippen molar-refractivity contribution in [2.24, 2.45) is 4.99 Å². The maximum absolute atomic E-state index is 13.5. The molecular weight excluding hydrogens is 428 g/mol. The highest BCUT2D eigenvalue weighted by molar-refractivity contribution is 14.0. The van der Waals surface area contributed by atoms with Gasteiger partial charge in [0.05, 0.1) is 6.61 Å². The number of ether oxygens (including phenoxy) is 1. The Morgan fingerprint density at radius 3 is 2.79 bits per heavy atom. The van der Waals surface area contributed by atoms with Crippen molar-refractivity contribution >= 4 is 45.9 Å². The van der Waals surface area contributed by atoms with Crippen LogP contribution in [-0.2, 0) is 11.3 Å². The molecular formula is C12H18BrFIN3O. The molecule has 1 rings (SSSR count). The van der Waals surface area contributed by atoms with E-state index < -0.39 is 0 Å². The van der Waals surface area contributed by atoms with Gasteiger partial charge in [-0.3, -0.25) is 4.99 Å². The molecule has 1 aromatic carbocycles. The Morgan fingerprint density at radius 2 is 2.16 bits per heavy atom. The van der Waals surface area contributed by atoms with E-state index in [-0.39, 0.29) is 29.8 Å². The summed E-state index contributed by atoms with van der Waals surface area (Å²) in [5.74, 6) is 0.379. The number of nitrogens with zero attached hydrogens (tertiary/aromatic N) is 1. The fraction of sp³-hybridized carbons (Fsp3) is 0.417. The second-order valence-electron chi connectivity index (χ2n) is 3.58. The van der Waals surface area contributed by atoms with Gasteiger partial charge in [0.25, 0.3) is 0 Å². The Morgan fingerprint density at radius 1 is 1.42 bits per heavy atom. The van der Waals surface area contributed by atoms with Crippen molar-refractivity contribution < 1.29 is 9.13 Å². The lowest BCUT2D eigenvalue weighted by atomic mass is 10.2. The van der Waals surface area contributed by atoms with Crippen LogP contribution in [0.2, 0.25) is 0 Å². The number of hydrogen-bond acceptors (Lipinski definition) is 2. The van der Waals surface area contributed by atoms with Crippen LogP contribution in [0.1, 0.15) is 5.56 Å². The summed E-state index contributed by atoms with van der Waals surface area (Å²) in [5.41, 5.74) is 0.582. The van der Waals surface area contributed by atoms with Gasteiger partial charge in [0.1, 0.15) is 5.82 Å². The van der Waals surface area contributed by atoms with E-state index >= 15 is 0 Å². The van der Waals surface area contributed by atoms with Gasteiger partial charge in [0.15, 0.2) is 5.96 Å². The van der Waals surface area contributed by atoms with Crippen LogP contribution in [0.4, 0.5) is 4.39 Å². The SMILES string of the molecule is CN=C(NCCOC)NCc1cc(Br)ccc1F.I. The molecule has 0 atom stereocenters. The van der Waals surface area contributed by atoms with Crippen LogP contribution >= 0.6 is 39.9 Å². The highest BCUT2D eigenvalue weighted by atomic mass is 127. The van der Waals surface area contributed by atoms with Gasteiger partial charge in [-0.1, -0.05) is 15.9 Å². The fourth-order valence-corrected chi connectivity index (χ4v) is 1.76. The van der Waals surface area contributed by atoms with Gasteiger partial charge in [0, 0.05) is 37.3 Å². The van der Waals surface area contributed by atoms with Gasteiger partial charge in [0.2, 0.25) is 0 Å². The van der Waals surface area contributed by atoms with Crippen LogP contribution in [0.25, 0.3) is 0 Å². The van der Waals surface area contributed by atoms with Crippen molar-refractivity contribution in [3.05, 3.63) is 34.1 Å². The highest BCUT2D eigenvalue weighted by Gasteiger charge is 2.04. The molecule has 0 heterocycles. The summed E-state index contributed by atoms with van der Waals surface area (Å²) in [4.78, 5) is 4.03. The highest BCUT2D eigenvalue weighted by Crippen LogP contribution is 2.15. The van der Waals surface area contributed by atoms with Gasteiger partial charge in [-0.05, 0) is 18.2 Å². The lowest BCUT2D eigenvalue weighted by molar-refractivity contribution is 0.203. The van der Waals surface area contributed by atoms with Crippen molar-refractivity contribution in [2.75, 3.05) is 27.3 Å². The van der Waals surface area contributed by atoms with Gasteiger partial charge < -0.3 is 15.4 Å². The summed E-state index contributed by atoms with van der Waals surface area (Å²) in [5, 5.41) is 6.09. The van der Waals surface area contributed by atoms with Crippen molar-refractivity contribution in [1.82, 2.24) is 10.6 Å². The van der Waals surface area contributed by atoms with Crippen LogP contribution in [-0.4, -0.2) is 33.3 Å². The van der Waals surface area contributed by atoms with E-state index in [4.69, 9.17) is 4.74 Å². The summed E-state index contributed by atoms with van der Waals surface area (Å²) in [6, 6.07) is 4.84. The lowest BCUT2D eigenvalue weighted by Gasteiger charge is -2.12. The molecule has 1 aromatic rings. The third kappa shape index (κ3) is 7.07. The molecule has 7 heteroatoms. The number of guanidine groups is 1. The first-order valence-electron chi connectivity index (χ1n) is 5.54. The molecule has 108 valence electrons. The molecule has 0 aliphatic carbocycles. The Hall–Kier alpha value is -0.410. The Bertz CT molecular complexity index is 418. The van der Waals surface area contributed by atoms with E-state index in [2.05, 4.69) is 31.6 Å². The molecule has 0 fully saturated rings. The van der Waals surface area contributed by atoms with Gasteiger partial charge in [-0.2, -0.15) is 0 Å². The molecule has 4 nitrogen and oxygen atoms in total. The van der Waals surface area contributed by atoms with E-state index in [1.165, 1.54) is 6.07 Å². The Labute approximate surface area is 138 Å². The number of rotatable bonds is 5. The average molecular weight is 446 g/mol. The van der Waals surface area contributed by atoms with Crippen molar-refractivity contribution in [1.29, 1.82) is 0 Å². The van der Waals surface area contributed by atoms with E-state index in [1.807, 2.05) is 0 Å². The number of aliphatic imine (C=N–C) groups is 1. The number of nitrogens with one attached hydrogen (secondary N) is 2. The Kier molecular flexibility index (Phi) is 10.2. The minimum absolute atomic E-state index is 0. The minimum Gasteiger partial charge on any atom is -0.383 e. The molecule has 2 N–H and O–H groups in total. The zero-order valence-electron chi connectivity index (χ0n) is 10.9. The van der Waals surface area contributed by atoms with Gasteiger partial charge >= 0.3 is 0 Å². The van der Waals surface area contributed by atoms with E-state index in [9.17, 15) is 4.39 Å². The summed E-state index contributed by atoms with van der Waals surface area (Å²) < 4.78 is 19.3. The molecule has 0 saturated carbocycles. The summed E-state index contributed by atoms with van der Waals surface area (Å²) in [6.07, 6.45) is 0. The minimum atomic E-state index is -0.238. The number of methoxy groups -OCH3 is 1. The predicted molar refractivity (Wildman–Crippen MR) is 89.6 cm³/mol. The molecule has 0 saturated heterocycles. The molecule has 0 spiro atoms. The van der Waals surface area contributed by atoms with E-state index in [0.29, 0.717) is 31.2 Å². The van der Waals surface area contributed by atoms with Gasteiger partial charge in [-0.25, -0.2) is 4.39 Å². The Balaban J connectivity index is 0.00000324. The number of hydrogen-bond donors (Lipinski definition) is 2. The second kappa shape index (κ2) is 10.4. The topological polar surface area (TPSA) is 45.7 Å². The summed E-state index contributed by atoms with van der Waals surface area (Å²) in [6.45, 7) is 1.61. The van der Waals surface area contributed by atoms with Crippen LogP contribution in [0.3, 0.4) is 0 Å². The predicted octanol–water partition coefficient (Wildman–Crippen LogP) is 2.52. The molecule has 0 unspecified atom stereocenters. The van der Waals surface area contributed by atoms with Crippen molar-refractivity contribution in [2.45, 2.75) is 6.54 Å². The third-order valence-corrected chi connectivity index (χ3v) is 2.77. The number of benzene rings is 1. The van der Waals surface area contributed by atoms with Crippen LogP contribution < -0.4 is 10.6 Å². The molecule has 0 radical (unpaired) electrons. The maximum Gasteiger partial charge on any atom is 0.191 e. The first kappa shape index (κ1) is 18.6. The standard InChI is InChI=1S/C12H17BrFN3O.HI/c1-15-12(16-5-6-18-2)17-8-9-7-10(13)3-4-11(9)14;/h3-4,7H,5-6,8H2,1-2H3,(H2,15,16,17);1H. The van der Waals surface area contributed by atoms with Crippen molar-refractivity contribution in [3.8, 4) is 0 Å². The smallest absolute Gasteiger partial charge is 0.191 e. The summed E-state index contributed by atoms with van der Waals surface area (Å²) >= 11 is 3.31. The first-order valence-corrected chi connectivity index (χ1v) is 6.34. The molecule has 0 aliphatic heterocycles. The maximum atomic E-state index is 13.5. The number of halogens is 3. The largest absolute Gasteiger partial charge is 0.383 e. The molecule has 0 amide bonds. The quantitative estimate of drug-likeness (QED) is 0.317. The molecule has 19 heavy (non-hydrogen) atoms. The molecule has 0 aromatic heterocycles. The second-order valence-corrected chi connectivity index (χ2v) is 4.50. The van der Waals surface area contributed by atoms with E-state index in [1.54, 1.807) is 26.3 Å². The molecule has 0 aliphatic rings. The van der Waals surface area contributed by atoms with Gasteiger partial charge in [-0.15, -0.1) is 24.0 Å². The zero-order valence-corrected chi connectivity index (χ0v) is 14.8. The van der Waals surface area contributed by atoms with Crippen molar-refractivity contribution in [3.63, 3.8) is 0 Å². The molecule has 0 bridgehead atoms. The first-order chi connectivity index (χ1) is 8.67. The summed E-state index contributed by atoms with van der Waals surface area (Å²) in [7, 11) is 3.30. The monoisotopic (exact) mass is 445 g/mol. The van der Waals surface area contributed by atoms with E-state index in [0.717, 1.165) is 4.47 Å². The van der Waals surface area contributed by atoms with Crippen LogP contribution in [0.5, 0.6) is 0 Å². The fourth-order valence-electron chi connectivity index (χ4n) is 1.35. The zero-order chi connectivity index (χ0) is 13.4. The van der Waals surface area contributed by atoms with Crippen LogP contribution in [0.15, 0.2) is 27.7 Å². The third-order valence-electron chi connectivity index (χ3n) is 2.28. The normalized spacial score (nSPS) is 10.8. The van der Waals surface area contributed by atoms with Crippen LogP contribution in [0, 0.1) is 5.82 Å².